The van der Waals surface area contributed by atoms with Crippen molar-refractivity contribution in [3.8, 4) is 34.6 Å². The quantitative estimate of drug-likeness (QED) is 0.111. The number of aromatic nitrogens is 3. The molecule has 2 aromatic carbocycles. The normalized spacial score (nSPS) is 25.3. The summed E-state index contributed by atoms with van der Waals surface area (Å²) < 4.78 is 31.1. The van der Waals surface area contributed by atoms with Crippen LogP contribution in [0.2, 0.25) is 16.6 Å². The fourth-order valence-electron chi connectivity index (χ4n) is 11.8. The van der Waals surface area contributed by atoms with Gasteiger partial charge >= 0.3 is 12.1 Å². The molecule has 4 unspecified atom stereocenters. The Kier molecular flexibility index (Phi) is 9.51. The van der Waals surface area contributed by atoms with Gasteiger partial charge in [0.25, 0.3) is 0 Å². The maximum Gasteiger partial charge on any atom is 0.407 e. The maximum absolute atomic E-state index is 17.8. The summed E-state index contributed by atoms with van der Waals surface area (Å²) in [5.41, 5.74) is 7.72. The Hall–Kier alpha value is -4.73. The summed E-state index contributed by atoms with van der Waals surface area (Å²) in [5, 5.41) is 12.5. The van der Waals surface area contributed by atoms with Crippen molar-refractivity contribution in [1.29, 1.82) is 0 Å². The van der Waals surface area contributed by atoms with E-state index in [1.165, 1.54) is 0 Å². The second-order valence-corrected chi connectivity index (χ2v) is 23.8. The average Bonchev–Trinajstić information content (AvgIpc) is 3.82. The number of ether oxygens (including phenoxy) is 2. The van der Waals surface area contributed by atoms with Crippen molar-refractivity contribution in [2.75, 3.05) is 31.1 Å². The van der Waals surface area contributed by atoms with Crippen LogP contribution in [0, 0.1) is 17.3 Å². The van der Waals surface area contributed by atoms with Crippen molar-refractivity contribution in [2.24, 2.45) is 0 Å². The van der Waals surface area contributed by atoms with E-state index in [4.69, 9.17) is 24.4 Å². The van der Waals surface area contributed by atoms with Crippen LogP contribution < -0.4 is 14.4 Å². The zero-order valence-electron chi connectivity index (χ0n) is 34.8. The zero-order chi connectivity index (χ0) is 40.8. The van der Waals surface area contributed by atoms with Crippen LogP contribution >= 0.6 is 0 Å². The lowest BCUT2D eigenvalue weighted by Gasteiger charge is -2.47. The second-order valence-electron chi connectivity index (χ2n) is 18.2. The minimum absolute atomic E-state index is 0.0679. The van der Waals surface area contributed by atoms with E-state index in [0.29, 0.717) is 53.0 Å². The molecule has 0 saturated carbocycles. The third-order valence-corrected chi connectivity index (χ3v) is 20.8. The Labute approximate surface area is 341 Å². The fraction of sp³-hybridized carbons (Fsp3) is 0.522. The van der Waals surface area contributed by atoms with Gasteiger partial charge in [0.2, 0.25) is 5.88 Å². The SMILES string of the molecule is C=C1CCN2CCC[C@]12COc1nc2c3c(nc(-c4cccc5cccc(C#C[Si](C(C)C)(C(C)C)C(C)C)c45)c(F)c3n1)OC(C)C1C3CCC(CN21)N3C(=O)O. The van der Waals surface area contributed by atoms with E-state index < -0.39 is 26.1 Å². The van der Waals surface area contributed by atoms with Gasteiger partial charge in [-0.2, -0.15) is 9.97 Å². The number of fused-ring (bicyclic) bond motifs is 7. The largest absolute Gasteiger partial charge is 0.472 e. The van der Waals surface area contributed by atoms with Gasteiger partial charge in [0.05, 0.1) is 23.7 Å². The number of carboxylic acid groups (broad SMARTS) is 1. The smallest absolute Gasteiger partial charge is 0.407 e. The molecule has 1 amide bonds. The van der Waals surface area contributed by atoms with E-state index >= 15 is 4.39 Å². The highest BCUT2D eigenvalue weighted by atomic mass is 28.3. The van der Waals surface area contributed by atoms with Crippen molar-refractivity contribution in [1.82, 2.24) is 24.8 Å². The molecular formula is C46H55FN6O4Si. The lowest BCUT2D eigenvalue weighted by Crippen LogP contribution is -2.64. The fourth-order valence-corrected chi connectivity index (χ4v) is 17.0. The van der Waals surface area contributed by atoms with Crippen LogP contribution in [0.25, 0.3) is 32.9 Å². The van der Waals surface area contributed by atoms with E-state index in [1.54, 1.807) is 4.90 Å². The molecule has 7 heterocycles. The summed E-state index contributed by atoms with van der Waals surface area (Å²) in [4.78, 5) is 33.7. The van der Waals surface area contributed by atoms with Crippen LogP contribution in [0.4, 0.5) is 15.0 Å². The molecule has 2 aromatic heterocycles. The zero-order valence-corrected chi connectivity index (χ0v) is 35.8. The lowest BCUT2D eigenvalue weighted by molar-refractivity contribution is 0.0706. The van der Waals surface area contributed by atoms with Crippen molar-refractivity contribution in [3.05, 3.63) is 59.9 Å². The Balaban J connectivity index is 1.24. The van der Waals surface area contributed by atoms with Gasteiger partial charge in [0.15, 0.2) is 5.82 Å². The Morgan fingerprint density at radius 2 is 1.79 bits per heavy atom. The lowest BCUT2D eigenvalue weighted by atomic mass is 9.91. The van der Waals surface area contributed by atoms with Crippen LogP contribution in [0.15, 0.2) is 48.6 Å². The number of rotatable bonds is 7. The van der Waals surface area contributed by atoms with Gasteiger partial charge in [0.1, 0.15) is 43.2 Å². The number of amides is 1. The first-order chi connectivity index (χ1) is 27.8. The van der Waals surface area contributed by atoms with Crippen molar-refractivity contribution in [2.45, 2.75) is 127 Å². The van der Waals surface area contributed by atoms with Gasteiger partial charge in [0, 0.05) is 29.6 Å². The first kappa shape index (κ1) is 38.8. The second kappa shape index (κ2) is 14.2. The predicted octanol–water partition coefficient (Wildman–Crippen LogP) is 9.21. The van der Waals surface area contributed by atoms with E-state index in [9.17, 15) is 9.90 Å². The maximum atomic E-state index is 17.8. The molecule has 304 valence electrons. The van der Waals surface area contributed by atoms with Gasteiger partial charge < -0.3 is 19.5 Å². The molecule has 5 aliphatic heterocycles. The molecule has 5 atom stereocenters. The molecule has 4 aromatic rings. The summed E-state index contributed by atoms with van der Waals surface area (Å²) in [6.45, 7) is 22.8. The molecule has 4 saturated heterocycles. The Morgan fingerprint density at radius 1 is 1.05 bits per heavy atom. The minimum atomic E-state index is -2.09. The van der Waals surface area contributed by atoms with Gasteiger partial charge in [-0.3, -0.25) is 9.80 Å². The predicted molar refractivity (Wildman–Crippen MR) is 229 cm³/mol. The molecule has 12 heteroatoms. The van der Waals surface area contributed by atoms with E-state index in [0.717, 1.165) is 60.7 Å². The molecule has 0 spiro atoms. The minimum Gasteiger partial charge on any atom is -0.472 e. The highest BCUT2D eigenvalue weighted by molar-refractivity contribution is 6.90. The highest BCUT2D eigenvalue weighted by Gasteiger charge is 2.53. The molecule has 58 heavy (non-hydrogen) atoms. The first-order valence-corrected chi connectivity index (χ1v) is 23.5. The monoisotopic (exact) mass is 802 g/mol. The molecule has 4 fully saturated rings. The first-order valence-electron chi connectivity index (χ1n) is 21.2. The topological polar surface area (TPSA) is 104 Å². The van der Waals surface area contributed by atoms with Crippen molar-refractivity contribution >= 4 is 41.7 Å². The number of halogens is 1. The molecule has 5 aliphatic rings. The summed E-state index contributed by atoms with van der Waals surface area (Å²) in [6, 6.07) is 11.1. The number of nitrogens with zero attached hydrogens (tertiary/aromatic N) is 6. The number of hydrogen-bond acceptors (Lipinski definition) is 8. The summed E-state index contributed by atoms with van der Waals surface area (Å²) >= 11 is 0. The van der Waals surface area contributed by atoms with Gasteiger partial charge in [-0.25, -0.2) is 14.2 Å². The van der Waals surface area contributed by atoms with Gasteiger partial charge in [-0.1, -0.05) is 89.9 Å². The summed E-state index contributed by atoms with van der Waals surface area (Å²) in [6.07, 6.45) is 2.90. The third-order valence-electron chi connectivity index (χ3n) is 14.5. The van der Waals surface area contributed by atoms with Crippen LogP contribution in [0.3, 0.4) is 0 Å². The molecule has 2 bridgehead atoms. The number of carbonyl (C=O) groups is 1. The average molecular weight is 803 g/mol. The molecule has 9 rings (SSSR count). The molecule has 1 N–H and O–H groups in total. The number of hydrogen-bond donors (Lipinski definition) is 1. The third kappa shape index (κ3) is 5.74. The standard InChI is InChI=1S/C46H55FN6O4Si/c1-26(2)58(27(3)4,28(5)6)23-19-32-13-9-12-31-14-10-15-34(36(31)32)39-38(47)40-37-42(50-44(49-40)56-25-46-20-11-21-51(46)22-18-29(46)7)52-24-33-16-17-35(53(33)45(54)55)41(52)30(8)57-43(37)48-39/h9-10,12-15,26-28,30,33,35,41H,7,11,16-18,20-22,24-25H2,1-6,8H3,(H,54,55)/t30?,33?,35?,41?,46-/m0/s1. The number of piperazine rings is 1. The summed E-state index contributed by atoms with van der Waals surface area (Å²) in [5.74, 6) is 3.76. The van der Waals surface area contributed by atoms with Crippen molar-refractivity contribution < 1.29 is 23.8 Å². The molecule has 0 aliphatic carbocycles. The number of pyridine rings is 1. The van der Waals surface area contributed by atoms with Gasteiger partial charge in [-0.05, 0) is 73.6 Å². The van der Waals surface area contributed by atoms with E-state index in [2.05, 4.69) is 69.4 Å². The van der Waals surface area contributed by atoms with Crippen molar-refractivity contribution in [3.63, 3.8) is 0 Å². The van der Waals surface area contributed by atoms with E-state index in [-0.39, 0.29) is 46.8 Å². The van der Waals surface area contributed by atoms with Crippen LogP contribution in [-0.2, 0) is 0 Å². The van der Waals surface area contributed by atoms with Gasteiger partial charge in [-0.15, -0.1) is 5.54 Å². The molecular weight excluding hydrogens is 748 g/mol. The van der Waals surface area contributed by atoms with Crippen LogP contribution in [0.5, 0.6) is 11.9 Å². The Morgan fingerprint density at radius 3 is 2.52 bits per heavy atom. The van der Waals surface area contributed by atoms with E-state index in [1.807, 2.05) is 43.3 Å². The molecule has 0 radical (unpaired) electrons. The molecule has 10 nitrogen and oxygen atoms in total. The Bertz CT molecular complexity index is 2380. The summed E-state index contributed by atoms with van der Waals surface area (Å²) in [7, 11) is -2.09. The highest BCUT2D eigenvalue weighted by Crippen LogP contribution is 2.48. The van der Waals surface area contributed by atoms with Crippen LogP contribution in [-0.4, -0.2) is 100 Å². The number of anilines is 1. The number of benzene rings is 2. The van der Waals surface area contributed by atoms with Crippen LogP contribution in [0.1, 0.15) is 86.1 Å².